The monoisotopic (exact) mass is 429 g/mol. The van der Waals surface area contributed by atoms with Gasteiger partial charge in [-0.2, -0.15) is 0 Å². The molecule has 162 valence electrons. The van der Waals surface area contributed by atoms with Crippen LogP contribution < -0.4 is 9.47 Å². The minimum absolute atomic E-state index is 0.0558. The number of hydrogen-bond acceptors (Lipinski definition) is 6. The Balaban J connectivity index is 1.60. The van der Waals surface area contributed by atoms with Crippen LogP contribution in [0, 0.1) is 0 Å². The normalized spacial score (nSPS) is 15.8. The van der Waals surface area contributed by atoms with E-state index < -0.39 is 0 Å². The highest BCUT2D eigenvalue weighted by Crippen LogP contribution is 2.41. The number of aromatic nitrogens is 4. The van der Waals surface area contributed by atoms with Crippen molar-refractivity contribution in [1.29, 1.82) is 0 Å². The highest BCUT2D eigenvalue weighted by atomic mass is 16.5. The van der Waals surface area contributed by atoms with Gasteiger partial charge in [-0.15, -0.1) is 0 Å². The molecule has 1 fully saturated rings. The summed E-state index contributed by atoms with van der Waals surface area (Å²) in [6.45, 7) is 2.35. The lowest BCUT2D eigenvalue weighted by molar-refractivity contribution is -0.129. The Morgan fingerprint density at radius 2 is 2.09 bits per heavy atom. The summed E-state index contributed by atoms with van der Waals surface area (Å²) in [7, 11) is 1.57. The van der Waals surface area contributed by atoms with Crippen LogP contribution >= 0.6 is 0 Å². The summed E-state index contributed by atoms with van der Waals surface area (Å²) in [5.74, 6) is 2.49. The maximum Gasteiger partial charge on any atom is 0.219 e. The maximum atomic E-state index is 12.3. The summed E-state index contributed by atoms with van der Waals surface area (Å²) in [5, 5.41) is 0. The molecule has 4 heterocycles. The van der Waals surface area contributed by atoms with E-state index in [0.29, 0.717) is 23.2 Å². The molecular formula is C24H23N5O3. The van der Waals surface area contributed by atoms with Gasteiger partial charge in [0.2, 0.25) is 11.8 Å². The Kier molecular flexibility index (Phi) is 5.18. The molecule has 0 radical (unpaired) electrons. The fourth-order valence-corrected chi connectivity index (χ4v) is 4.17. The first-order valence-electron chi connectivity index (χ1n) is 10.5. The smallest absolute Gasteiger partial charge is 0.219 e. The van der Waals surface area contributed by atoms with Crippen LogP contribution in [-0.4, -0.2) is 44.4 Å². The van der Waals surface area contributed by atoms with Crippen molar-refractivity contribution in [2.75, 3.05) is 13.7 Å². The van der Waals surface area contributed by atoms with E-state index in [1.807, 2.05) is 35.2 Å². The first kappa shape index (κ1) is 20.0. The van der Waals surface area contributed by atoms with Crippen LogP contribution in [0.1, 0.15) is 31.4 Å². The van der Waals surface area contributed by atoms with Gasteiger partial charge in [-0.1, -0.05) is 6.07 Å². The van der Waals surface area contributed by atoms with Crippen LogP contribution in [0.2, 0.25) is 0 Å². The van der Waals surface area contributed by atoms with Crippen LogP contribution in [0.5, 0.6) is 17.4 Å². The van der Waals surface area contributed by atoms with Crippen molar-refractivity contribution in [2.24, 2.45) is 0 Å². The molecule has 32 heavy (non-hydrogen) atoms. The Labute approximate surface area is 185 Å². The summed E-state index contributed by atoms with van der Waals surface area (Å²) in [6, 6.07) is 13.2. The Bertz CT molecular complexity index is 1250. The van der Waals surface area contributed by atoms with Gasteiger partial charge in [-0.3, -0.25) is 9.78 Å². The van der Waals surface area contributed by atoms with E-state index >= 15 is 0 Å². The highest BCUT2D eigenvalue weighted by Gasteiger charge is 2.31. The molecule has 0 bridgehead atoms. The van der Waals surface area contributed by atoms with Crippen molar-refractivity contribution in [3.05, 3.63) is 60.4 Å². The lowest BCUT2D eigenvalue weighted by Crippen LogP contribution is -2.28. The number of hydrogen-bond donors (Lipinski definition) is 1. The number of methoxy groups -OCH3 is 1. The van der Waals surface area contributed by atoms with E-state index in [1.54, 1.807) is 38.6 Å². The van der Waals surface area contributed by atoms with E-state index in [4.69, 9.17) is 14.5 Å². The van der Waals surface area contributed by atoms with E-state index in [9.17, 15) is 4.79 Å². The van der Waals surface area contributed by atoms with Gasteiger partial charge >= 0.3 is 0 Å². The molecule has 1 N–H and O–H groups in total. The zero-order valence-electron chi connectivity index (χ0n) is 17.9. The van der Waals surface area contributed by atoms with Crippen LogP contribution in [-0.2, 0) is 4.79 Å². The average molecular weight is 429 g/mol. The predicted molar refractivity (Wildman–Crippen MR) is 120 cm³/mol. The third kappa shape index (κ3) is 3.75. The molecule has 0 spiro atoms. The number of rotatable bonds is 5. The lowest BCUT2D eigenvalue weighted by Gasteiger charge is -2.25. The molecule has 1 saturated heterocycles. The highest BCUT2D eigenvalue weighted by molar-refractivity contribution is 5.82. The van der Waals surface area contributed by atoms with Gasteiger partial charge in [0, 0.05) is 37.4 Å². The molecule has 3 aromatic heterocycles. The molecule has 1 aliphatic rings. The number of fused-ring (bicyclic) bond motifs is 1. The van der Waals surface area contributed by atoms with Crippen molar-refractivity contribution in [3.63, 3.8) is 0 Å². The van der Waals surface area contributed by atoms with E-state index in [2.05, 4.69) is 15.0 Å². The number of benzene rings is 1. The van der Waals surface area contributed by atoms with Gasteiger partial charge in [0.15, 0.2) is 5.82 Å². The number of carbonyl (C=O) groups excluding carboxylic acids is 1. The summed E-state index contributed by atoms with van der Waals surface area (Å²) in [4.78, 5) is 30.9. The number of nitrogens with zero attached hydrogens (tertiary/aromatic N) is 4. The Morgan fingerprint density at radius 3 is 2.81 bits per heavy atom. The third-order valence-corrected chi connectivity index (χ3v) is 5.68. The number of imidazole rings is 1. The number of amides is 1. The van der Waals surface area contributed by atoms with E-state index in [-0.39, 0.29) is 11.9 Å². The van der Waals surface area contributed by atoms with E-state index in [1.165, 1.54) is 0 Å². The van der Waals surface area contributed by atoms with Crippen molar-refractivity contribution < 1.29 is 14.3 Å². The van der Waals surface area contributed by atoms with E-state index in [0.717, 1.165) is 41.7 Å². The summed E-state index contributed by atoms with van der Waals surface area (Å²) >= 11 is 0. The number of ether oxygens (including phenoxy) is 2. The van der Waals surface area contributed by atoms with Gasteiger partial charge in [0.25, 0.3) is 0 Å². The van der Waals surface area contributed by atoms with Crippen molar-refractivity contribution in [1.82, 2.24) is 24.8 Å². The molecule has 1 atom stereocenters. The molecule has 1 unspecified atom stereocenters. The fourth-order valence-electron chi connectivity index (χ4n) is 4.17. The number of aromatic amines is 1. The quantitative estimate of drug-likeness (QED) is 0.502. The molecular weight excluding hydrogens is 406 g/mol. The molecule has 0 saturated carbocycles. The summed E-state index contributed by atoms with van der Waals surface area (Å²) < 4.78 is 11.4. The Hall–Kier alpha value is -3.94. The van der Waals surface area contributed by atoms with Crippen LogP contribution in [0.4, 0.5) is 0 Å². The molecule has 8 heteroatoms. The fraction of sp³-hybridized carbons (Fsp3) is 0.250. The second-order valence-corrected chi connectivity index (χ2v) is 7.72. The molecule has 1 aromatic carbocycles. The third-order valence-electron chi connectivity index (χ3n) is 5.68. The zero-order valence-corrected chi connectivity index (χ0v) is 17.9. The van der Waals surface area contributed by atoms with Gasteiger partial charge in [-0.25, -0.2) is 9.97 Å². The second kappa shape index (κ2) is 8.30. The molecule has 4 aromatic rings. The van der Waals surface area contributed by atoms with Crippen LogP contribution in [0.3, 0.4) is 0 Å². The zero-order chi connectivity index (χ0) is 22.1. The summed E-state index contributed by atoms with van der Waals surface area (Å²) in [5.41, 5.74) is 3.34. The minimum Gasteiger partial charge on any atom is -0.481 e. The minimum atomic E-state index is -0.0558. The number of pyridine rings is 2. The van der Waals surface area contributed by atoms with Gasteiger partial charge in [-0.05, 0) is 37.1 Å². The van der Waals surface area contributed by atoms with Crippen molar-refractivity contribution in [2.45, 2.75) is 25.8 Å². The Morgan fingerprint density at radius 1 is 1.19 bits per heavy atom. The SMILES string of the molecule is COc1ccc(Oc2cc3nc(-c4ccccn4)[nH]c3cc2C2CCCN2C(C)=O)cn1. The van der Waals surface area contributed by atoms with Crippen LogP contribution in [0.25, 0.3) is 22.6 Å². The summed E-state index contributed by atoms with van der Waals surface area (Å²) in [6.07, 6.45) is 5.19. The molecule has 1 amide bonds. The van der Waals surface area contributed by atoms with Gasteiger partial charge in [0.1, 0.15) is 17.2 Å². The number of H-pyrrole nitrogens is 1. The van der Waals surface area contributed by atoms with Crippen molar-refractivity contribution >= 4 is 16.9 Å². The lowest BCUT2D eigenvalue weighted by atomic mass is 10.0. The van der Waals surface area contributed by atoms with Crippen LogP contribution in [0.15, 0.2) is 54.9 Å². The molecule has 8 nitrogen and oxygen atoms in total. The first-order chi connectivity index (χ1) is 15.6. The molecule has 5 rings (SSSR count). The van der Waals surface area contributed by atoms with Gasteiger partial charge in [0.05, 0.1) is 30.4 Å². The predicted octanol–water partition coefficient (Wildman–Crippen LogP) is 4.50. The number of nitrogens with one attached hydrogen (secondary N) is 1. The average Bonchev–Trinajstić information content (AvgIpc) is 3.47. The molecule has 1 aliphatic heterocycles. The molecule has 0 aliphatic carbocycles. The maximum absolute atomic E-state index is 12.3. The number of carbonyl (C=O) groups is 1. The standard InChI is InChI=1S/C24H23N5O3/c1-15(30)29-11-5-7-21(29)17-12-19-20(28-24(27-19)18-6-3-4-10-25-18)13-22(17)32-16-8-9-23(31-2)26-14-16/h3-4,6,8-10,12-14,21H,5,7,11H2,1-2H3,(H,27,28). The first-order valence-corrected chi connectivity index (χ1v) is 10.5. The van der Waals surface area contributed by atoms with Gasteiger partial charge < -0.3 is 19.4 Å². The van der Waals surface area contributed by atoms with Crippen molar-refractivity contribution in [3.8, 4) is 28.9 Å². The topological polar surface area (TPSA) is 93.2 Å². The largest absolute Gasteiger partial charge is 0.481 e. The second-order valence-electron chi connectivity index (χ2n) is 7.72. The number of likely N-dealkylation sites (tertiary alicyclic amines) is 1.